The summed E-state index contributed by atoms with van der Waals surface area (Å²) in [4.78, 5) is 28.7. The summed E-state index contributed by atoms with van der Waals surface area (Å²) in [5.41, 5.74) is 3.99. The number of hydrogen-bond donors (Lipinski definition) is 3. The molecule has 3 aromatic carbocycles. The maximum Gasteiger partial charge on any atom is 0.226 e. The number of rotatable bonds is 7. The van der Waals surface area contributed by atoms with E-state index in [4.69, 9.17) is 0 Å². The molecule has 4 rings (SSSR count). The van der Waals surface area contributed by atoms with Gasteiger partial charge < -0.3 is 15.6 Å². The summed E-state index contributed by atoms with van der Waals surface area (Å²) in [6.07, 6.45) is 1.77. The summed E-state index contributed by atoms with van der Waals surface area (Å²) in [5, 5.41) is 7.16. The zero-order chi connectivity index (χ0) is 21.8. The molecule has 1 atom stereocenters. The summed E-state index contributed by atoms with van der Waals surface area (Å²) in [6, 6.07) is 24.3. The molecule has 5 heteroatoms. The molecule has 0 spiro atoms. The van der Waals surface area contributed by atoms with Crippen molar-refractivity contribution in [3.05, 3.63) is 96.2 Å². The number of benzene rings is 3. The molecule has 0 saturated heterocycles. The van der Waals surface area contributed by atoms with E-state index in [1.807, 2.05) is 92.7 Å². The minimum atomic E-state index is -0.545. The summed E-state index contributed by atoms with van der Waals surface area (Å²) in [6.45, 7) is 3.71. The lowest BCUT2D eigenvalue weighted by Crippen LogP contribution is -2.21. The van der Waals surface area contributed by atoms with Crippen LogP contribution in [0.2, 0.25) is 0 Å². The van der Waals surface area contributed by atoms with Crippen LogP contribution in [0.4, 0.5) is 11.4 Å². The van der Waals surface area contributed by atoms with Crippen LogP contribution in [-0.2, 0) is 4.79 Å². The van der Waals surface area contributed by atoms with E-state index < -0.39 is 6.04 Å². The average molecular weight is 412 g/mol. The molecule has 1 aromatic heterocycles. The highest BCUT2D eigenvalue weighted by Gasteiger charge is 2.24. The monoisotopic (exact) mass is 411 g/mol. The maximum absolute atomic E-state index is 13.6. The van der Waals surface area contributed by atoms with Gasteiger partial charge in [0.15, 0.2) is 5.78 Å². The van der Waals surface area contributed by atoms with Gasteiger partial charge in [0.05, 0.1) is 0 Å². The number of H-pyrrole nitrogens is 1. The molecule has 0 aliphatic carbocycles. The number of para-hydroxylation sites is 1. The molecule has 0 aliphatic heterocycles. The molecular formula is C26H25N3O2. The Labute approximate surface area is 181 Å². The Morgan fingerprint density at radius 3 is 2.16 bits per heavy atom. The Kier molecular flexibility index (Phi) is 5.85. The van der Waals surface area contributed by atoms with Crippen LogP contribution >= 0.6 is 0 Å². The largest absolute Gasteiger partial charge is 0.371 e. The second-order valence-electron chi connectivity index (χ2n) is 7.82. The van der Waals surface area contributed by atoms with Gasteiger partial charge in [-0.05, 0) is 35.9 Å². The topological polar surface area (TPSA) is 74.0 Å². The van der Waals surface area contributed by atoms with Crippen molar-refractivity contribution >= 4 is 34.0 Å². The van der Waals surface area contributed by atoms with Gasteiger partial charge in [-0.15, -0.1) is 0 Å². The zero-order valence-electron chi connectivity index (χ0n) is 17.6. The lowest BCUT2D eigenvalue weighted by molar-refractivity contribution is -0.118. The summed E-state index contributed by atoms with van der Waals surface area (Å²) in [7, 11) is 0. The van der Waals surface area contributed by atoms with Crippen LogP contribution in [0.25, 0.3) is 10.9 Å². The van der Waals surface area contributed by atoms with Crippen molar-refractivity contribution < 1.29 is 9.59 Å². The quantitative estimate of drug-likeness (QED) is 0.337. The van der Waals surface area contributed by atoms with E-state index in [9.17, 15) is 9.59 Å². The van der Waals surface area contributed by atoms with Gasteiger partial charge in [-0.2, -0.15) is 0 Å². The Balaban J connectivity index is 1.62. The van der Waals surface area contributed by atoms with Gasteiger partial charge in [0.1, 0.15) is 6.04 Å². The number of carbonyl (C=O) groups is 2. The lowest BCUT2D eigenvalue weighted by atomic mass is 9.96. The minimum absolute atomic E-state index is 0.0131. The highest BCUT2D eigenvalue weighted by Crippen LogP contribution is 2.28. The first kappa shape index (κ1) is 20.4. The fraction of sp³-hybridized carbons (Fsp3) is 0.154. The van der Waals surface area contributed by atoms with Crippen molar-refractivity contribution in [2.45, 2.75) is 19.9 Å². The summed E-state index contributed by atoms with van der Waals surface area (Å²) < 4.78 is 0. The fourth-order valence-electron chi connectivity index (χ4n) is 3.48. The van der Waals surface area contributed by atoms with Gasteiger partial charge in [0.25, 0.3) is 0 Å². The Bertz CT molecular complexity index is 1190. The van der Waals surface area contributed by atoms with E-state index in [0.29, 0.717) is 5.56 Å². The molecule has 0 radical (unpaired) electrons. The van der Waals surface area contributed by atoms with Crippen LogP contribution in [0, 0.1) is 5.92 Å². The smallest absolute Gasteiger partial charge is 0.226 e. The number of nitrogens with one attached hydrogen (secondary N) is 3. The van der Waals surface area contributed by atoms with E-state index in [1.165, 1.54) is 0 Å². The van der Waals surface area contributed by atoms with Crippen LogP contribution in [-0.4, -0.2) is 16.7 Å². The normalized spacial score (nSPS) is 12.0. The third-order valence-corrected chi connectivity index (χ3v) is 5.24. The number of aromatic amines is 1. The number of aromatic nitrogens is 1. The van der Waals surface area contributed by atoms with Crippen molar-refractivity contribution in [1.29, 1.82) is 0 Å². The van der Waals surface area contributed by atoms with Gasteiger partial charge in [0.2, 0.25) is 5.91 Å². The molecule has 1 amide bonds. The predicted octanol–water partition coefficient (Wildman–Crippen LogP) is 5.80. The predicted molar refractivity (Wildman–Crippen MR) is 125 cm³/mol. The number of anilines is 2. The van der Waals surface area contributed by atoms with Crippen molar-refractivity contribution in [1.82, 2.24) is 4.98 Å². The SMILES string of the molecule is CC(C)C(=O)Nc1ccc(NC(C(=O)c2c[nH]c3ccccc23)c2ccccc2)cc1. The van der Waals surface area contributed by atoms with Gasteiger partial charge in [-0.1, -0.05) is 62.4 Å². The van der Waals surface area contributed by atoms with Crippen molar-refractivity contribution in [3.8, 4) is 0 Å². The highest BCUT2D eigenvalue weighted by atomic mass is 16.1. The molecule has 5 nitrogen and oxygen atoms in total. The molecule has 3 N–H and O–H groups in total. The van der Waals surface area contributed by atoms with E-state index in [2.05, 4.69) is 15.6 Å². The number of ketones is 1. The number of amides is 1. The molecule has 31 heavy (non-hydrogen) atoms. The highest BCUT2D eigenvalue weighted by molar-refractivity contribution is 6.11. The van der Waals surface area contributed by atoms with Crippen molar-refractivity contribution in [2.24, 2.45) is 5.92 Å². The molecule has 0 aliphatic rings. The third kappa shape index (κ3) is 4.51. The van der Waals surface area contributed by atoms with Gasteiger partial charge in [0, 0.05) is 40.0 Å². The van der Waals surface area contributed by atoms with Gasteiger partial charge >= 0.3 is 0 Å². The zero-order valence-corrected chi connectivity index (χ0v) is 17.6. The van der Waals surface area contributed by atoms with Crippen molar-refractivity contribution in [3.63, 3.8) is 0 Å². The Hall–Kier alpha value is -3.86. The fourth-order valence-corrected chi connectivity index (χ4v) is 3.48. The van der Waals surface area contributed by atoms with E-state index >= 15 is 0 Å². The second-order valence-corrected chi connectivity index (χ2v) is 7.82. The van der Waals surface area contributed by atoms with Gasteiger partial charge in [-0.3, -0.25) is 9.59 Å². The molecule has 0 bridgehead atoms. The maximum atomic E-state index is 13.6. The number of carbonyl (C=O) groups excluding carboxylic acids is 2. The van der Waals surface area contributed by atoms with E-state index in [-0.39, 0.29) is 17.6 Å². The molecular weight excluding hydrogens is 386 g/mol. The first-order valence-corrected chi connectivity index (χ1v) is 10.4. The van der Waals surface area contributed by atoms with E-state index in [1.54, 1.807) is 6.20 Å². The van der Waals surface area contributed by atoms with Crippen LogP contribution in [0.15, 0.2) is 85.1 Å². The number of hydrogen-bond acceptors (Lipinski definition) is 3. The standard InChI is InChI=1S/C26H25N3O2/c1-17(2)26(31)29-20-14-12-19(13-15-20)28-24(18-8-4-3-5-9-18)25(30)22-16-27-23-11-7-6-10-21(22)23/h3-17,24,27-28H,1-2H3,(H,29,31). The molecule has 4 aromatic rings. The lowest BCUT2D eigenvalue weighted by Gasteiger charge is -2.19. The van der Waals surface area contributed by atoms with Crippen molar-refractivity contribution in [2.75, 3.05) is 10.6 Å². The van der Waals surface area contributed by atoms with Crippen LogP contribution < -0.4 is 10.6 Å². The number of Topliss-reactive ketones (excluding diaryl/α,β-unsaturated/α-hetero) is 1. The van der Waals surface area contributed by atoms with Gasteiger partial charge in [-0.25, -0.2) is 0 Å². The third-order valence-electron chi connectivity index (χ3n) is 5.24. The van der Waals surface area contributed by atoms with E-state index in [0.717, 1.165) is 27.8 Å². The Morgan fingerprint density at radius 2 is 1.45 bits per heavy atom. The van der Waals surface area contributed by atoms with Crippen LogP contribution in [0.1, 0.15) is 35.8 Å². The molecule has 0 saturated carbocycles. The molecule has 1 unspecified atom stereocenters. The Morgan fingerprint density at radius 1 is 0.806 bits per heavy atom. The molecule has 1 heterocycles. The second kappa shape index (κ2) is 8.88. The summed E-state index contributed by atoms with van der Waals surface area (Å²) in [5.74, 6) is -0.132. The first-order valence-electron chi connectivity index (χ1n) is 10.4. The first-order chi connectivity index (χ1) is 15.0. The van der Waals surface area contributed by atoms with Crippen LogP contribution in [0.5, 0.6) is 0 Å². The number of fused-ring (bicyclic) bond motifs is 1. The summed E-state index contributed by atoms with van der Waals surface area (Å²) >= 11 is 0. The average Bonchev–Trinajstić information content (AvgIpc) is 3.23. The van der Waals surface area contributed by atoms with Crippen LogP contribution in [0.3, 0.4) is 0 Å². The molecule has 0 fully saturated rings. The minimum Gasteiger partial charge on any atom is -0.371 e. The molecule has 156 valence electrons.